The standard InChI is InChI=1S/C9H12N4OS/c10-9-7(2-11-5-12-9)13-3-6(4-15)1-8(13)14/h2,5-6,15H,1,3-4H2,(H2,10,11,12). The second-order valence-electron chi connectivity index (χ2n) is 3.55. The summed E-state index contributed by atoms with van der Waals surface area (Å²) in [7, 11) is 0. The molecule has 5 nitrogen and oxygen atoms in total. The highest BCUT2D eigenvalue weighted by atomic mass is 32.1. The summed E-state index contributed by atoms with van der Waals surface area (Å²) in [5.74, 6) is 1.41. The molecule has 1 unspecified atom stereocenters. The number of hydrogen-bond acceptors (Lipinski definition) is 5. The predicted molar refractivity (Wildman–Crippen MR) is 60.8 cm³/mol. The lowest BCUT2D eigenvalue weighted by Crippen LogP contribution is -2.26. The van der Waals surface area contributed by atoms with Crippen molar-refractivity contribution in [3.63, 3.8) is 0 Å². The minimum absolute atomic E-state index is 0.0653. The SMILES string of the molecule is Nc1ncncc1N1CC(CS)CC1=O. The Hall–Kier alpha value is -1.30. The van der Waals surface area contributed by atoms with Crippen LogP contribution in [0.2, 0.25) is 0 Å². The van der Waals surface area contributed by atoms with Crippen LogP contribution in [0.3, 0.4) is 0 Å². The maximum absolute atomic E-state index is 11.7. The molecule has 1 saturated heterocycles. The summed E-state index contributed by atoms with van der Waals surface area (Å²) >= 11 is 4.19. The van der Waals surface area contributed by atoms with Gasteiger partial charge < -0.3 is 10.6 Å². The van der Waals surface area contributed by atoms with Gasteiger partial charge in [-0.1, -0.05) is 0 Å². The van der Waals surface area contributed by atoms with Gasteiger partial charge >= 0.3 is 0 Å². The monoisotopic (exact) mass is 224 g/mol. The summed E-state index contributed by atoms with van der Waals surface area (Å²) < 4.78 is 0. The number of nitrogen functional groups attached to an aromatic ring is 1. The van der Waals surface area contributed by atoms with Gasteiger partial charge in [-0.25, -0.2) is 9.97 Å². The molecule has 1 amide bonds. The van der Waals surface area contributed by atoms with E-state index in [1.807, 2.05) is 0 Å². The Balaban J connectivity index is 2.25. The van der Waals surface area contributed by atoms with Crippen LogP contribution in [-0.4, -0.2) is 28.2 Å². The molecule has 80 valence electrons. The molecule has 1 aliphatic heterocycles. The number of nitrogens with zero attached hydrogens (tertiary/aromatic N) is 3. The summed E-state index contributed by atoms with van der Waals surface area (Å²) in [5, 5.41) is 0. The number of aromatic nitrogens is 2. The van der Waals surface area contributed by atoms with Gasteiger partial charge in [-0.15, -0.1) is 0 Å². The van der Waals surface area contributed by atoms with Crippen molar-refractivity contribution in [3.8, 4) is 0 Å². The van der Waals surface area contributed by atoms with Gasteiger partial charge in [-0.05, 0) is 11.7 Å². The molecule has 0 bridgehead atoms. The predicted octanol–water partition coefficient (Wildman–Crippen LogP) is 0.342. The number of carbonyl (C=O) groups excluding carboxylic acids is 1. The van der Waals surface area contributed by atoms with Crippen molar-refractivity contribution in [3.05, 3.63) is 12.5 Å². The number of nitrogens with two attached hydrogens (primary N) is 1. The topological polar surface area (TPSA) is 72.1 Å². The van der Waals surface area contributed by atoms with E-state index in [-0.39, 0.29) is 5.91 Å². The molecule has 0 aliphatic carbocycles. The number of hydrogen-bond donors (Lipinski definition) is 2. The summed E-state index contributed by atoms with van der Waals surface area (Å²) in [6.45, 7) is 0.653. The van der Waals surface area contributed by atoms with Crippen LogP contribution in [0.15, 0.2) is 12.5 Å². The number of rotatable bonds is 2. The molecule has 0 saturated carbocycles. The van der Waals surface area contributed by atoms with E-state index in [0.717, 1.165) is 0 Å². The second kappa shape index (κ2) is 4.06. The van der Waals surface area contributed by atoms with Crippen LogP contribution in [0.4, 0.5) is 11.5 Å². The molecule has 1 aliphatic rings. The third-order valence-electron chi connectivity index (χ3n) is 2.48. The fraction of sp³-hybridized carbons (Fsp3) is 0.444. The van der Waals surface area contributed by atoms with Gasteiger partial charge in [0.05, 0.1) is 6.20 Å². The minimum atomic E-state index is 0.0653. The fourth-order valence-electron chi connectivity index (χ4n) is 1.68. The van der Waals surface area contributed by atoms with Gasteiger partial charge in [0.2, 0.25) is 5.91 Å². The summed E-state index contributed by atoms with van der Waals surface area (Å²) in [6.07, 6.45) is 3.47. The molecule has 15 heavy (non-hydrogen) atoms. The normalized spacial score (nSPS) is 21.0. The Morgan fingerprint density at radius 3 is 3.07 bits per heavy atom. The lowest BCUT2D eigenvalue weighted by molar-refractivity contribution is -0.117. The van der Waals surface area contributed by atoms with Crippen molar-refractivity contribution in [1.82, 2.24) is 9.97 Å². The maximum Gasteiger partial charge on any atom is 0.227 e. The highest BCUT2D eigenvalue weighted by Crippen LogP contribution is 2.27. The molecule has 0 radical (unpaired) electrons. The molecule has 2 heterocycles. The van der Waals surface area contributed by atoms with Crippen LogP contribution in [0.1, 0.15) is 6.42 Å². The quantitative estimate of drug-likeness (QED) is 0.711. The van der Waals surface area contributed by atoms with Crippen molar-refractivity contribution in [2.75, 3.05) is 22.9 Å². The largest absolute Gasteiger partial charge is 0.382 e. The lowest BCUT2D eigenvalue weighted by atomic mass is 10.1. The molecule has 1 fully saturated rings. The van der Waals surface area contributed by atoms with E-state index in [1.165, 1.54) is 6.33 Å². The highest BCUT2D eigenvalue weighted by molar-refractivity contribution is 7.80. The zero-order valence-electron chi connectivity index (χ0n) is 8.13. The molecular formula is C9H12N4OS. The van der Waals surface area contributed by atoms with Crippen molar-refractivity contribution in [2.24, 2.45) is 5.92 Å². The Labute approximate surface area is 93.1 Å². The van der Waals surface area contributed by atoms with Crippen LogP contribution >= 0.6 is 12.6 Å². The molecule has 2 rings (SSSR count). The van der Waals surface area contributed by atoms with Crippen LogP contribution < -0.4 is 10.6 Å². The van der Waals surface area contributed by atoms with E-state index >= 15 is 0 Å². The Morgan fingerprint density at radius 2 is 2.47 bits per heavy atom. The van der Waals surface area contributed by atoms with Crippen molar-refractivity contribution >= 4 is 30.0 Å². The van der Waals surface area contributed by atoms with Crippen LogP contribution in [0.25, 0.3) is 0 Å². The Bertz CT molecular complexity index is 384. The first-order valence-corrected chi connectivity index (χ1v) is 5.32. The Kier molecular flexibility index (Phi) is 2.77. The zero-order valence-corrected chi connectivity index (χ0v) is 9.02. The van der Waals surface area contributed by atoms with Crippen LogP contribution in [0.5, 0.6) is 0 Å². The number of anilines is 2. The van der Waals surface area contributed by atoms with Crippen LogP contribution in [-0.2, 0) is 4.79 Å². The first-order chi connectivity index (χ1) is 7.22. The van der Waals surface area contributed by atoms with Gasteiger partial charge in [0.15, 0.2) is 5.82 Å². The molecule has 1 aromatic rings. The van der Waals surface area contributed by atoms with Gasteiger partial charge in [-0.2, -0.15) is 12.6 Å². The number of thiol groups is 1. The highest BCUT2D eigenvalue weighted by Gasteiger charge is 2.30. The third-order valence-corrected chi connectivity index (χ3v) is 2.99. The lowest BCUT2D eigenvalue weighted by Gasteiger charge is -2.16. The molecule has 0 spiro atoms. The van der Waals surface area contributed by atoms with E-state index in [4.69, 9.17) is 5.73 Å². The van der Waals surface area contributed by atoms with Gasteiger partial charge in [-0.3, -0.25) is 4.79 Å². The van der Waals surface area contributed by atoms with Crippen molar-refractivity contribution in [2.45, 2.75) is 6.42 Å². The third kappa shape index (κ3) is 1.90. The average Bonchev–Trinajstić information content (AvgIpc) is 2.60. The van der Waals surface area contributed by atoms with Crippen molar-refractivity contribution in [1.29, 1.82) is 0 Å². The summed E-state index contributed by atoms with van der Waals surface area (Å²) in [6, 6.07) is 0. The summed E-state index contributed by atoms with van der Waals surface area (Å²) in [4.78, 5) is 21.0. The fourth-order valence-corrected chi connectivity index (χ4v) is 1.92. The maximum atomic E-state index is 11.7. The zero-order chi connectivity index (χ0) is 10.8. The van der Waals surface area contributed by atoms with Gasteiger partial charge in [0.1, 0.15) is 12.0 Å². The molecule has 1 atom stereocenters. The van der Waals surface area contributed by atoms with Gasteiger partial charge in [0, 0.05) is 13.0 Å². The molecular weight excluding hydrogens is 212 g/mol. The summed E-state index contributed by atoms with van der Waals surface area (Å²) in [5.41, 5.74) is 6.29. The van der Waals surface area contributed by atoms with Crippen molar-refractivity contribution < 1.29 is 4.79 Å². The first kappa shape index (κ1) is 10.2. The Morgan fingerprint density at radius 1 is 1.67 bits per heavy atom. The van der Waals surface area contributed by atoms with Gasteiger partial charge in [0.25, 0.3) is 0 Å². The molecule has 2 N–H and O–H groups in total. The van der Waals surface area contributed by atoms with E-state index in [0.29, 0.717) is 36.1 Å². The van der Waals surface area contributed by atoms with Crippen LogP contribution in [0, 0.1) is 5.92 Å². The molecule has 6 heteroatoms. The van der Waals surface area contributed by atoms with E-state index in [1.54, 1.807) is 11.1 Å². The first-order valence-electron chi connectivity index (χ1n) is 4.69. The molecule has 1 aromatic heterocycles. The minimum Gasteiger partial charge on any atom is -0.382 e. The van der Waals surface area contributed by atoms with E-state index in [9.17, 15) is 4.79 Å². The number of amides is 1. The molecule has 0 aromatic carbocycles. The van der Waals surface area contributed by atoms with E-state index < -0.39 is 0 Å². The second-order valence-corrected chi connectivity index (χ2v) is 3.92. The van der Waals surface area contributed by atoms with E-state index in [2.05, 4.69) is 22.6 Å². The average molecular weight is 224 g/mol. The smallest absolute Gasteiger partial charge is 0.227 e. The number of carbonyl (C=O) groups is 1.